The van der Waals surface area contributed by atoms with Crippen LogP contribution in [0.5, 0.6) is 0 Å². The maximum absolute atomic E-state index is 15.3. The Kier molecular flexibility index (Phi) is 9.06. The minimum atomic E-state index is -5.62. The van der Waals surface area contributed by atoms with E-state index in [0.29, 0.717) is 0 Å². The maximum atomic E-state index is 15.3. The van der Waals surface area contributed by atoms with Crippen molar-refractivity contribution in [2.75, 3.05) is 0 Å². The van der Waals surface area contributed by atoms with Gasteiger partial charge >= 0.3 is 27.3 Å². The smallest absolute Gasteiger partial charge is 0.207 e. The minimum Gasteiger partial charge on any atom is -0.207 e. The summed E-state index contributed by atoms with van der Waals surface area (Å²) in [7, 11) is 0. The second kappa shape index (κ2) is 11.4. The summed E-state index contributed by atoms with van der Waals surface area (Å²) in [4.78, 5) is 0. The standard InChI is InChI=1S/C24H4BF16.Tl/c26-9-1-5(13(30)21(38)17(9)34)25(6-2-10(27)18(35)22(39)14(6)31,7-3-11(28)19(36)23(40)15(7)32)8-4-12(29)20(37)24(41)16(8)33;/h1-4H;/q-1;+1. The van der Waals surface area contributed by atoms with Crippen LogP contribution < -0.4 is 21.9 Å². The molecule has 4 aromatic carbocycles. The average Bonchev–Trinajstić information content (AvgIpc) is 2.94. The minimum absolute atomic E-state index is 0. The summed E-state index contributed by atoms with van der Waals surface area (Å²) in [5.74, 6) is -44.3. The van der Waals surface area contributed by atoms with Crippen molar-refractivity contribution in [1.29, 1.82) is 0 Å². The molecule has 0 bridgehead atoms. The Balaban J connectivity index is 0.00000484. The second-order valence-electron chi connectivity index (χ2n) is 8.42. The van der Waals surface area contributed by atoms with E-state index in [1.807, 2.05) is 0 Å². The van der Waals surface area contributed by atoms with Gasteiger partial charge in [-0.2, -0.15) is 21.9 Å². The normalized spacial score (nSPS) is 11.6. The summed E-state index contributed by atoms with van der Waals surface area (Å²) < 4.78 is 232. The summed E-state index contributed by atoms with van der Waals surface area (Å²) in [5, 5.41) is 0. The zero-order valence-electron chi connectivity index (χ0n) is 19.5. The Morgan fingerprint density at radius 3 is 0.595 bits per heavy atom. The fourth-order valence-corrected chi connectivity index (χ4v) is 4.63. The molecule has 0 aliphatic heterocycles. The third-order valence-corrected chi connectivity index (χ3v) is 6.39. The molecule has 4 aromatic rings. The molecular formula is C24H4BF16Tl. The average molecular weight is 811 g/mol. The molecule has 0 unspecified atom stereocenters. The first-order valence-electron chi connectivity index (χ1n) is 10.5. The zero-order chi connectivity index (χ0) is 30.9. The Hall–Kier alpha value is -3.25. The van der Waals surface area contributed by atoms with Crippen molar-refractivity contribution in [2.45, 2.75) is 0 Å². The van der Waals surface area contributed by atoms with Crippen molar-refractivity contribution < 1.29 is 70.2 Å². The number of benzene rings is 4. The third kappa shape index (κ3) is 4.63. The molecule has 0 heterocycles. The fourth-order valence-electron chi connectivity index (χ4n) is 4.63. The molecule has 0 spiro atoms. The van der Waals surface area contributed by atoms with E-state index in [0.717, 1.165) is 0 Å². The SMILES string of the molecule is Fc1cc([B-](c2cc(F)c(F)c(F)c2F)(c2cc(F)c(F)c(F)c2F)c2cc(F)c(F)c(F)c2F)c(F)c(F)c1F.[Tl+]. The van der Waals surface area contributed by atoms with Gasteiger partial charge in [0, 0.05) is 0 Å². The van der Waals surface area contributed by atoms with E-state index in [1.165, 1.54) is 0 Å². The van der Waals surface area contributed by atoms with Gasteiger partial charge in [0.2, 0.25) is 0 Å². The zero-order valence-corrected chi connectivity index (χ0v) is 24.0. The van der Waals surface area contributed by atoms with E-state index in [2.05, 4.69) is 0 Å². The van der Waals surface area contributed by atoms with Crippen LogP contribution in [-0.4, -0.2) is 33.4 Å². The van der Waals surface area contributed by atoms with Crippen molar-refractivity contribution in [1.82, 2.24) is 0 Å². The monoisotopic (exact) mass is 812 g/mol. The molecular weight excluding hydrogens is 807 g/mol. The quantitative estimate of drug-likeness (QED) is 0.119. The van der Waals surface area contributed by atoms with Crippen LogP contribution >= 0.6 is 0 Å². The molecule has 0 aliphatic carbocycles. The van der Waals surface area contributed by atoms with E-state index in [-0.39, 0.29) is 27.3 Å². The number of rotatable bonds is 4. The van der Waals surface area contributed by atoms with Crippen LogP contribution in [0.1, 0.15) is 0 Å². The summed E-state index contributed by atoms with van der Waals surface area (Å²) in [5.41, 5.74) is -9.06. The molecule has 0 aliphatic rings. The van der Waals surface area contributed by atoms with Crippen molar-refractivity contribution in [3.8, 4) is 0 Å². The van der Waals surface area contributed by atoms with Crippen LogP contribution in [0.25, 0.3) is 0 Å². The number of hydrogen-bond acceptors (Lipinski definition) is 0. The Labute approximate surface area is 242 Å². The first-order valence-corrected chi connectivity index (χ1v) is 10.5. The predicted octanol–water partition coefficient (Wildman–Crippen LogP) is 4.91. The van der Waals surface area contributed by atoms with Crippen molar-refractivity contribution in [3.05, 3.63) is 117 Å². The van der Waals surface area contributed by atoms with Gasteiger partial charge in [-0.1, -0.05) is 24.3 Å². The molecule has 0 radical (unpaired) electrons. The molecule has 42 heavy (non-hydrogen) atoms. The van der Waals surface area contributed by atoms with E-state index in [4.69, 9.17) is 0 Å². The Morgan fingerprint density at radius 1 is 0.262 bits per heavy atom. The topological polar surface area (TPSA) is 0 Å². The van der Waals surface area contributed by atoms with Gasteiger partial charge in [0.15, 0.2) is 69.8 Å². The van der Waals surface area contributed by atoms with Gasteiger partial charge in [-0.05, 0) is 0 Å². The van der Waals surface area contributed by atoms with Gasteiger partial charge in [0.05, 0.1) is 0 Å². The second-order valence-corrected chi connectivity index (χ2v) is 8.42. The number of hydrogen-bond donors (Lipinski definition) is 0. The van der Waals surface area contributed by atoms with E-state index in [9.17, 15) is 52.7 Å². The fraction of sp³-hybridized carbons (Fsp3) is 0. The van der Waals surface area contributed by atoms with Crippen molar-refractivity contribution >= 4 is 55.3 Å². The maximum Gasteiger partial charge on any atom is 1.00 e. The molecule has 0 N–H and O–H groups in total. The van der Waals surface area contributed by atoms with Gasteiger partial charge in [-0.15, -0.1) is 0 Å². The number of halogens is 16. The van der Waals surface area contributed by atoms with E-state index in [1.54, 1.807) is 0 Å². The first-order chi connectivity index (χ1) is 19.0. The summed E-state index contributed by atoms with van der Waals surface area (Å²) in [6.07, 6.45) is -5.62. The van der Waals surface area contributed by atoms with Crippen LogP contribution in [-0.2, 0) is 0 Å². The molecule has 0 aromatic heterocycles. The van der Waals surface area contributed by atoms with Crippen LogP contribution in [0.15, 0.2) is 24.3 Å². The molecule has 18 heteroatoms. The van der Waals surface area contributed by atoms with Crippen molar-refractivity contribution in [2.24, 2.45) is 0 Å². The van der Waals surface area contributed by atoms with Crippen LogP contribution in [0.4, 0.5) is 70.2 Å². The van der Waals surface area contributed by atoms with Gasteiger partial charge < -0.3 is 0 Å². The summed E-state index contributed by atoms with van der Waals surface area (Å²) >= 11 is 0. The molecule has 4 rings (SSSR count). The van der Waals surface area contributed by atoms with E-state index >= 15 is 17.6 Å². The first kappa shape index (κ1) is 33.3. The molecule has 0 nitrogen and oxygen atoms in total. The predicted molar refractivity (Wildman–Crippen MR) is 115 cm³/mol. The van der Waals surface area contributed by atoms with E-state index < -0.39 is 145 Å². The van der Waals surface area contributed by atoms with Gasteiger partial charge in [-0.25, -0.2) is 70.2 Å². The molecule has 0 atom stereocenters. The Morgan fingerprint density at radius 2 is 0.429 bits per heavy atom. The molecule has 0 saturated heterocycles. The largest absolute Gasteiger partial charge is 1.00 e. The Bertz CT molecular complexity index is 1510. The molecule has 0 fully saturated rings. The molecule has 0 amide bonds. The van der Waals surface area contributed by atoms with Crippen LogP contribution in [0.3, 0.4) is 0 Å². The molecule has 0 saturated carbocycles. The third-order valence-electron chi connectivity index (χ3n) is 6.39. The van der Waals surface area contributed by atoms with Crippen molar-refractivity contribution in [3.63, 3.8) is 0 Å². The van der Waals surface area contributed by atoms with Crippen LogP contribution in [0, 0.1) is 93.1 Å². The van der Waals surface area contributed by atoms with Gasteiger partial charge in [0.25, 0.3) is 0 Å². The van der Waals surface area contributed by atoms with Gasteiger partial charge in [-0.3, -0.25) is 0 Å². The van der Waals surface area contributed by atoms with Crippen LogP contribution in [0.2, 0.25) is 0 Å². The molecule has 218 valence electrons. The van der Waals surface area contributed by atoms with Gasteiger partial charge in [0.1, 0.15) is 29.4 Å². The summed E-state index contributed by atoms with van der Waals surface area (Å²) in [6, 6.07) is -2.49. The summed E-state index contributed by atoms with van der Waals surface area (Å²) in [6.45, 7) is 0.